The number of hydrogen-bond acceptors (Lipinski definition) is 6. The van der Waals surface area contributed by atoms with Crippen molar-refractivity contribution in [3.63, 3.8) is 0 Å². The normalized spacial score (nSPS) is 11.1. The average Bonchev–Trinajstić information content (AvgIpc) is 4.11. The van der Waals surface area contributed by atoms with Crippen molar-refractivity contribution in [2.24, 2.45) is 0 Å². The summed E-state index contributed by atoms with van der Waals surface area (Å²) < 4.78 is 15.5. The number of nitrogens with zero attached hydrogens (tertiary/aromatic N) is 6. The van der Waals surface area contributed by atoms with Gasteiger partial charge in [0.25, 0.3) is 0 Å². The molecule has 0 unspecified atom stereocenters. The summed E-state index contributed by atoms with van der Waals surface area (Å²) in [5, 5.41) is 17.7. The van der Waals surface area contributed by atoms with E-state index in [2.05, 4.69) is 251 Å². The second-order valence-corrected chi connectivity index (χ2v) is 17.6. The van der Waals surface area contributed by atoms with E-state index in [4.69, 9.17) is 9.47 Å². The van der Waals surface area contributed by atoms with E-state index in [1.54, 1.807) is 0 Å². The molecule has 0 aliphatic carbocycles. The summed E-state index contributed by atoms with van der Waals surface area (Å²) in [5.74, 6) is 0. The van der Waals surface area contributed by atoms with Crippen LogP contribution in [-0.2, 0) is 35.4 Å². The van der Waals surface area contributed by atoms with Crippen LogP contribution < -0.4 is 0 Å². The molecule has 0 amide bonds. The number of hydrogen-bond donors (Lipinski definition) is 0. The van der Waals surface area contributed by atoms with Gasteiger partial charge in [-0.05, 0) is 77.9 Å². The molecule has 0 radical (unpaired) electrons. The van der Waals surface area contributed by atoms with Crippen LogP contribution in [0.3, 0.4) is 0 Å². The molecule has 8 aromatic carbocycles. The molecule has 10 rings (SSSR count). The van der Waals surface area contributed by atoms with Gasteiger partial charge in [0.1, 0.15) is 0 Å². The Balaban J connectivity index is 0.686. The Morgan fingerprint density at radius 1 is 0.292 bits per heavy atom. The maximum absolute atomic E-state index is 5.89. The maximum Gasteiger partial charge on any atom is 0.0870 e. The Kier molecular flexibility index (Phi) is 15.6. The fourth-order valence-electron chi connectivity index (χ4n) is 9.14. The Labute approximate surface area is 422 Å². The van der Waals surface area contributed by atoms with Gasteiger partial charge in [-0.25, -0.2) is 9.36 Å². The molecule has 0 N–H and O–H groups in total. The van der Waals surface area contributed by atoms with Crippen molar-refractivity contribution in [1.82, 2.24) is 30.0 Å². The molecule has 0 spiro atoms. The molecular weight excluding hydrogens is 885 g/mol. The summed E-state index contributed by atoms with van der Waals surface area (Å²) in [6, 6.07) is 81.6. The van der Waals surface area contributed by atoms with Crippen molar-refractivity contribution < 1.29 is 9.47 Å². The fourth-order valence-corrected chi connectivity index (χ4v) is 9.14. The predicted octanol–water partition coefficient (Wildman–Crippen LogP) is 12.8. The predicted molar refractivity (Wildman–Crippen MR) is 289 cm³/mol. The number of aromatic nitrogens is 6. The summed E-state index contributed by atoms with van der Waals surface area (Å²) in [6.07, 6.45) is 5.37. The van der Waals surface area contributed by atoms with Crippen molar-refractivity contribution in [2.75, 3.05) is 26.4 Å². The molecule has 8 heteroatoms. The third-order valence-corrected chi connectivity index (χ3v) is 12.6. The zero-order valence-corrected chi connectivity index (χ0v) is 40.3. The minimum Gasteiger partial charge on any atom is -0.377 e. The first-order chi connectivity index (χ1) is 35.7. The van der Waals surface area contributed by atoms with Crippen LogP contribution >= 0.6 is 0 Å². The standard InChI is InChI=1S/C64H56N6O2/c1-7-19-51(20-8-1)61(52-21-9-2-10-22-52)63(55-27-15-5-16-28-55)57-35-31-49(32-36-57)45-59-47-69(67-65-59)39-41-71-43-44-72-42-40-70-48-60(66-68-70)46-50-33-37-58(38-34-50)64(56-29-17-6-18-30-56)62(53-23-11-3-12-24-53)54-25-13-4-14-26-54/h1-38,47-48H,39-46H2. The van der Waals surface area contributed by atoms with Gasteiger partial charge in [0, 0.05) is 25.2 Å². The molecular formula is C64H56N6O2. The van der Waals surface area contributed by atoms with E-state index < -0.39 is 0 Å². The van der Waals surface area contributed by atoms with Gasteiger partial charge in [0.05, 0.1) is 50.9 Å². The van der Waals surface area contributed by atoms with Gasteiger partial charge in [-0.2, -0.15) is 0 Å². The van der Waals surface area contributed by atoms with Crippen molar-refractivity contribution in [3.8, 4) is 0 Å². The van der Waals surface area contributed by atoms with Gasteiger partial charge >= 0.3 is 0 Å². The van der Waals surface area contributed by atoms with Crippen LogP contribution in [-0.4, -0.2) is 56.4 Å². The van der Waals surface area contributed by atoms with Crippen molar-refractivity contribution >= 4 is 22.3 Å². The summed E-state index contributed by atoms with van der Waals surface area (Å²) in [5.41, 5.74) is 18.3. The van der Waals surface area contributed by atoms with Gasteiger partial charge in [0.15, 0.2) is 0 Å². The molecule has 0 aliphatic rings. The largest absolute Gasteiger partial charge is 0.377 e. The van der Waals surface area contributed by atoms with Crippen LogP contribution in [0, 0.1) is 0 Å². The summed E-state index contributed by atoms with van der Waals surface area (Å²) in [7, 11) is 0. The fraction of sp³-hybridized carbons (Fsp3) is 0.125. The van der Waals surface area contributed by atoms with Crippen molar-refractivity contribution in [1.29, 1.82) is 0 Å². The lowest BCUT2D eigenvalue weighted by Crippen LogP contribution is -2.13. The van der Waals surface area contributed by atoms with Crippen LogP contribution in [0.5, 0.6) is 0 Å². The van der Waals surface area contributed by atoms with Crippen LogP contribution in [0.15, 0.2) is 243 Å². The molecule has 72 heavy (non-hydrogen) atoms. The SMILES string of the molecule is c1ccc(C(=C(c2ccccc2)c2ccc(Cc3cn(CCOCCOCCn4cc(Cc5ccc(C(=C(c6ccccc6)c6ccccc6)c6ccccc6)cc5)nn4)nn3)cc2)c2ccccc2)cc1. The molecule has 0 aliphatic heterocycles. The second-order valence-electron chi connectivity index (χ2n) is 17.6. The number of benzene rings is 8. The van der Waals surface area contributed by atoms with Gasteiger partial charge in [-0.1, -0.05) is 241 Å². The van der Waals surface area contributed by atoms with Gasteiger partial charge in [-0.15, -0.1) is 10.2 Å². The Morgan fingerprint density at radius 3 is 0.806 bits per heavy atom. The topological polar surface area (TPSA) is 79.9 Å². The highest BCUT2D eigenvalue weighted by Gasteiger charge is 2.18. The first kappa shape index (κ1) is 47.1. The van der Waals surface area contributed by atoms with Crippen LogP contribution in [0.4, 0.5) is 0 Å². The smallest absolute Gasteiger partial charge is 0.0870 e. The maximum atomic E-state index is 5.89. The van der Waals surface area contributed by atoms with E-state index in [0.717, 1.165) is 22.5 Å². The lowest BCUT2D eigenvalue weighted by Gasteiger charge is -2.18. The molecule has 10 aromatic rings. The highest BCUT2D eigenvalue weighted by molar-refractivity contribution is 6.05. The molecule has 0 atom stereocenters. The second kappa shape index (κ2) is 23.8. The van der Waals surface area contributed by atoms with E-state index in [1.807, 2.05) is 21.8 Å². The molecule has 0 bridgehead atoms. The van der Waals surface area contributed by atoms with Crippen molar-refractivity contribution in [2.45, 2.75) is 25.9 Å². The quantitative estimate of drug-likeness (QED) is 0.0527. The van der Waals surface area contributed by atoms with Crippen LogP contribution in [0.25, 0.3) is 22.3 Å². The minimum atomic E-state index is 0.488. The zero-order valence-electron chi connectivity index (χ0n) is 40.3. The van der Waals surface area contributed by atoms with Crippen molar-refractivity contribution in [3.05, 3.63) is 310 Å². The summed E-state index contributed by atoms with van der Waals surface area (Å²) in [4.78, 5) is 0. The average molecular weight is 941 g/mol. The van der Waals surface area contributed by atoms with E-state index in [1.165, 1.54) is 66.8 Å². The molecule has 354 valence electrons. The molecule has 8 nitrogen and oxygen atoms in total. The summed E-state index contributed by atoms with van der Waals surface area (Å²) >= 11 is 0. The van der Waals surface area contributed by atoms with E-state index >= 15 is 0 Å². The zero-order chi connectivity index (χ0) is 48.6. The lowest BCUT2D eigenvalue weighted by atomic mass is 9.85. The van der Waals surface area contributed by atoms with Crippen LogP contribution in [0.1, 0.15) is 67.0 Å². The first-order valence-corrected chi connectivity index (χ1v) is 24.6. The molecule has 2 aromatic heterocycles. The Bertz CT molecular complexity index is 2990. The minimum absolute atomic E-state index is 0.488. The van der Waals surface area contributed by atoms with E-state index in [-0.39, 0.29) is 0 Å². The Hall–Kier alpha value is -8.56. The number of ether oxygens (including phenoxy) is 2. The van der Waals surface area contributed by atoms with Gasteiger partial charge < -0.3 is 9.47 Å². The molecule has 2 heterocycles. The van der Waals surface area contributed by atoms with Crippen LogP contribution in [0.2, 0.25) is 0 Å². The first-order valence-electron chi connectivity index (χ1n) is 24.6. The molecule has 0 saturated heterocycles. The van der Waals surface area contributed by atoms with E-state index in [0.29, 0.717) is 52.4 Å². The highest BCUT2D eigenvalue weighted by Crippen LogP contribution is 2.38. The lowest BCUT2D eigenvalue weighted by molar-refractivity contribution is 0.0402. The Morgan fingerprint density at radius 2 is 0.542 bits per heavy atom. The highest BCUT2D eigenvalue weighted by atomic mass is 16.5. The van der Waals surface area contributed by atoms with Gasteiger partial charge in [-0.3, -0.25) is 0 Å². The number of rotatable bonds is 21. The third kappa shape index (κ3) is 12.1. The third-order valence-electron chi connectivity index (χ3n) is 12.6. The summed E-state index contributed by atoms with van der Waals surface area (Å²) in [6.45, 7) is 3.22. The molecule has 0 fully saturated rings. The monoisotopic (exact) mass is 940 g/mol. The molecule has 0 saturated carbocycles. The van der Waals surface area contributed by atoms with Gasteiger partial charge in [0.2, 0.25) is 0 Å². The van der Waals surface area contributed by atoms with E-state index in [9.17, 15) is 0 Å².